The maximum absolute atomic E-state index is 5.93. The third-order valence-corrected chi connectivity index (χ3v) is 5.64. The molecule has 1 fully saturated rings. The molecule has 1 saturated heterocycles. The van der Waals surface area contributed by atoms with Crippen LogP contribution in [-0.2, 0) is 17.7 Å². The molecule has 0 aromatic heterocycles. The van der Waals surface area contributed by atoms with E-state index in [1.807, 2.05) is 14.0 Å². The Hall–Kier alpha value is -1.99. The lowest BCUT2D eigenvalue weighted by Gasteiger charge is -2.25. The van der Waals surface area contributed by atoms with Gasteiger partial charge in [-0.1, -0.05) is 0 Å². The predicted octanol–water partition coefficient (Wildman–Crippen LogP) is 2.18. The second kappa shape index (κ2) is 10.7. The molecule has 2 unspecified atom stereocenters. The molecule has 3 rings (SSSR count). The van der Waals surface area contributed by atoms with Crippen molar-refractivity contribution in [1.29, 1.82) is 0 Å². The van der Waals surface area contributed by atoms with E-state index in [1.54, 1.807) is 7.11 Å². The zero-order chi connectivity index (χ0) is 20.6. The summed E-state index contributed by atoms with van der Waals surface area (Å²) in [6.45, 7) is 9.19. The maximum atomic E-state index is 5.93. The Morgan fingerprint density at radius 2 is 2.21 bits per heavy atom. The van der Waals surface area contributed by atoms with Gasteiger partial charge in [0.1, 0.15) is 17.6 Å². The number of nitrogens with one attached hydrogen (secondary N) is 2. The van der Waals surface area contributed by atoms with Crippen molar-refractivity contribution in [2.24, 2.45) is 4.99 Å². The van der Waals surface area contributed by atoms with Gasteiger partial charge in [0.25, 0.3) is 0 Å². The molecule has 0 spiro atoms. The number of methoxy groups -OCH3 is 1. The number of benzene rings is 1. The summed E-state index contributed by atoms with van der Waals surface area (Å²) in [4.78, 5) is 6.89. The van der Waals surface area contributed by atoms with Gasteiger partial charge in [0.05, 0.1) is 13.2 Å². The van der Waals surface area contributed by atoms with Crippen molar-refractivity contribution in [2.45, 2.75) is 51.8 Å². The van der Waals surface area contributed by atoms with Crippen LogP contribution in [0.2, 0.25) is 0 Å². The fourth-order valence-corrected chi connectivity index (χ4v) is 4.15. The number of nitrogens with zero attached hydrogens (tertiary/aromatic N) is 2. The van der Waals surface area contributed by atoms with Gasteiger partial charge in [-0.25, -0.2) is 0 Å². The minimum absolute atomic E-state index is 0.226. The number of fused-ring (bicyclic) bond motifs is 1. The number of guanidine groups is 1. The Morgan fingerprint density at radius 3 is 2.97 bits per heavy atom. The molecule has 162 valence electrons. The highest BCUT2D eigenvalue weighted by molar-refractivity contribution is 5.79. The Balaban J connectivity index is 1.56. The van der Waals surface area contributed by atoms with E-state index in [2.05, 4.69) is 39.6 Å². The van der Waals surface area contributed by atoms with Crippen LogP contribution in [0.1, 0.15) is 37.8 Å². The summed E-state index contributed by atoms with van der Waals surface area (Å²) in [7, 11) is 3.57. The Labute approximate surface area is 174 Å². The van der Waals surface area contributed by atoms with E-state index in [0.29, 0.717) is 19.2 Å². The lowest BCUT2D eigenvalue weighted by Crippen LogP contribution is -2.45. The molecule has 0 radical (unpaired) electrons. The third-order valence-electron chi connectivity index (χ3n) is 5.64. The standard InChI is InChI=1S/C22H36N4O3/c1-5-28-20-12-17-11-16(2)29-21(17)13-18(20)14-24-22(23-3)25-15-19-7-6-8-26(19)9-10-27-4/h12-13,16,19H,5-11,14-15H2,1-4H3,(H2,23,24,25). The number of hydrogen-bond donors (Lipinski definition) is 2. The molecule has 1 aromatic rings. The number of hydrogen-bond acceptors (Lipinski definition) is 5. The van der Waals surface area contributed by atoms with Gasteiger partial charge in [0.15, 0.2) is 5.96 Å². The first kappa shape index (κ1) is 21.7. The molecule has 29 heavy (non-hydrogen) atoms. The molecule has 2 atom stereocenters. The van der Waals surface area contributed by atoms with Crippen LogP contribution in [0.25, 0.3) is 0 Å². The Morgan fingerprint density at radius 1 is 1.34 bits per heavy atom. The maximum Gasteiger partial charge on any atom is 0.191 e. The van der Waals surface area contributed by atoms with Crippen LogP contribution >= 0.6 is 0 Å². The van der Waals surface area contributed by atoms with Crippen molar-refractivity contribution in [2.75, 3.05) is 47.0 Å². The predicted molar refractivity (Wildman–Crippen MR) is 116 cm³/mol. The van der Waals surface area contributed by atoms with Crippen molar-refractivity contribution in [3.63, 3.8) is 0 Å². The lowest BCUT2D eigenvalue weighted by atomic mass is 10.1. The van der Waals surface area contributed by atoms with Crippen LogP contribution in [0.3, 0.4) is 0 Å². The topological polar surface area (TPSA) is 67.4 Å². The number of ether oxygens (including phenoxy) is 3. The zero-order valence-electron chi connectivity index (χ0n) is 18.3. The van der Waals surface area contributed by atoms with Gasteiger partial charge in [-0.3, -0.25) is 9.89 Å². The minimum atomic E-state index is 0.226. The van der Waals surface area contributed by atoms with Crippen LogP contribution in [-0.4, -0.2) is 70.0 Å². The second-order valence-corrected chi connectivity index (χ2v) is 7.76. The average molecular weight is 405 g/mol. The first-order valence-corrected chi connectivity index (χ1v) is 10.8. The van der Waals surface area contributed by atoms with Crippen molar-refractivity contribution >= 4 is 5.96 Å². The molecule has 7 heteroatoms. The molecule has 0 amide bonds. The van der Waals surface area contributed by atoms with Crippen molar-refractivity contribution in [3.8, 4) is 11.5 Å². The van der Waals surface area contributed by atoms with Gasteiger partial charge >= 0.3 is 0 Å². The third kappa shape index (κ3) is 5.76. The summed E-state index contributed by atoms with van der Waals surface area (Å²) in [5.74, 6) is 2.70. The van der Waals surface area contributed by atoms with Gasteiger partial charge in [0.2, 0.25) is 0 Å². The van der Waals surface area contributed by atoms with E-state index in [9.17, 15) is 0 Å². The lowest BCUT2D eigenvalue weighted by molar-refractivity contribution is 0.141. The van der Waals surface area contributed by atoms with E-state index in [4.69, 9.17) is 14.2 Å². The molecule has 0 aliphatic carbocycles. The van der Waals surface area contributed by atoms with Gasteiger partial charge < -0.3 is 24.8 Å². The summed E-state index contributed by atoms with van der Waals surface area (Å²) in [6, 6.07) is 4.76. The molecule has 7 nitrogen and oxygen atoms in total. The fraction of sp³-hybridized carbons (Fsp3) is 0.682. The molecule has 0 bridgehead atoms. The minimum Gasteiger partial charge on any atom is -0.494 e. The quantitative estimate of drug-likeness (QED) is 0.486. The van der Waals surface area contributed by atoms with Gasteiger partial charge in [-0.15, -0.1) is 0 Å². The van der Waals surface area contributed by atoms with E-state index >= 15 is 0 Å². The van der Waals surface area contributed by atoms with Crippen LogP contribution < -0.4 is 20.1 Å². The largest absolute Gasteiger partial charge is 0.494 e. The molecular weight excluding hydrogens is 368 g/mol. The van der Waals surface area contributed by atoms with E-state index in [0.717, 1.165) is 55.7 Å². The number of aliphatic imine (C=N–C) groups is 1. The summed E-state index contributed by atoms with van der Waals surface area (Å²) in [6.07, 6.45) is 3.62. The van der Waals surface area contributed by atoms with Crippen molar-refractivity contribution in [3.05, 3.63) is 23.3 Å². The van der Waals surface area contributed by atoms with Crippen molar-refractivity contribution in [1.82, 2.24) is 15.5 Å². The highest BCUT2D eigenvalue weighted by Crippen LogP contribution is 2.35. The summed E-state index contributed by atoms with van der Waals surface area (Å²) in [5, 5.41) is 6.91. The fourth-order valence-electron chi connectivity index (χ4n) is 4.15. The van der Waals surface area contributed by atoms with Gasteiger partial charge in [0, 0.05) is 57.4 Å². The normalized spacial score (nSPS) is 21.7. The monoisotopic (exact) mass is 404 g/mol. The summed E-state index contributed by atoms with van der Waals surface area (Å²) < 4.78 is 17.0. The summed E-state index contributed by atoms with van der Waals surface area (Å²) >= 11 is 0. The van der Waals surface area contributed by atoms with Gasteiger partial charge in [-0.2, -0.15) is 0 Å². The Bertz CT molecular complexity index is 695. The highest BCUT2D eigenvalue weighted by Gasteiger charge is 2.24. The Kier molecular flexibility index (Phi) is 8.00. The molecule has 2 N–H and O–H groups in total. The molecule has 2 heterocycles. The van der Waals surface area contributed by atoms with E-state index < -0.39 is 0 Å². The molecule has 0 saturated carbocycles. The molecule has 1 aromatic carbocycles. The van der Waals surface area contributed by atoms with Gasteiger partial charge in [-0.05, 0) is 45.4 Å². The molecule has 2 aliphatic heterocycles. The van der Waals surface area contributed by atoms with Crippen LogP contribution in [0.5, 0.6) is 11.5 Å². The van der Waals surface area contributed by atoms with Crippen LogP contribution in [0, 0.1) is 0 Å². The number of likely N-dealkylation sites (tertiary alicyclic amines) is 1. The summed E-state index contributed by atoms with van der Waals surface area (Å²) in [5.41, 5.74) is 2.31. The SMILES string of the molecule is CCOc1cc2c(cc1CNC(=NC)NCC1CCCN1CCOC)OC(C)C2. The van der Waals surface area contributed by atoms with E-state index in [-0.39, 0.29) is 6.10 Å². The zero-order valence-corrected chi connectivity index (χ0v) is 18.3. The first-order chi connectivity index (χ1) is 14.1. The first-order valence-electron chi connectivity index (χ1n) is 10.8. The van der Waals surface area contributed by atoms with Crippen LogP contribution in [0.15, 0.2) is 17.1 Å². The number of rotatable bonds is 9. The smallest absolute Gasteiger partial charge is 0.191 e. The highest BCUT2D eigenvalue weighted by atomic mass is 16.5. The van der Waals surface area contributed by atoms with E-state index in [1.165, 1.54) is 18.4 Å². The second-order valence-electron chi connectivity index (χ2n) is 7.76. The van der Waals surface area contributed by atoms with Crippen LogP contribution in [0.4, 0.5) is 0 Å². The van der Waals surface area contributed by atoms with Crippen molar-refractivity contribution < 1.29 is 14.2 Å². The average Bonchev–Trinajstić information content (AvgIpc) is 3.31. The molecular formula is C22H36N4O3. The molecule has 2 aliphatic rings.